The maximum atomic E-state index is 4.37. The molecule has 1 aromatic heterocycles. The largest absolute Gasteiger partial charge is 0.309 e. The average Bonchev–Trinajstić information content (AvgIpc) is 3.00. The molecule has 0 aromatic carbocycles. The molecule has 0 atom stereocenters. The maximum absolute atomic E-state index is 4.37. The topological polar surface area (TPSA) is 42.7 Å². The number of hydrogen-bond donors (Lipinski definition) is 1. The van der Waals surface area contributed by atoms with Crippen molar-refractivity contribution < 1.29 is 0 Å². The number of rotatable bonds is 8. The van der Waals surface area contributed by atoms with Crippen molar-refractivity contribution in [2.24, 2.45) is 11.3 Å². The highest BCUT2D eigenvalue weighted by atomic mass is 15.3. The molecule has 0 amide bonds. The van der Waals surface area contributed by atoms with Crippen LogP contribution < -0.4 is 5.32 Å². The van der Waals surface area contributed by atoms with Gasteiger partial charge in [-0.2, -0.15) is 5.10 Å². The average molecular weight is 278 g/mol. The first-order valence-corrected chi connectivity index (χ1v) is 8.22. The Balaban J connectivity index is 1.85. The van der Waals surface area contributed by atoms with Crippen LogP contribution in [0.25, 0.3) is 0 Å². The fourth-order valence-electron chi connectivity index (χ4n) is 3.71. The van der Waals surface area contributed by atoms with Crippen molar-refractivity contribution >= 4 is 0 Å². The highest BCUT2D eigenvalue weighted by Crippen LogP contribution is 2.42. The fourth-order valence-corrected chi connectivity index (χ4v) is 3.71. The van der Waals surface area contributed by atoms with Crippen LogP contribution in [0.5, 0.6) is 0 Å². The molecule has 0 spiro atoms. The lowest BCUT2D eigenvalue weighted by atomic mass is 9.78. The summed E-state index contributed by atoms with van der Waals surface area (Å²) >= 11 is 0. The third-order valence-corrected chi connectivity index (χ3v) is 4.42. The van der Waals surface area contributed by atoms with E-state index in [1.54, 1.807) is 6.33 Å². The predicted octanol–water partition coefficient (Wildman–Crippen LogP) is 3.38. The first-order chi connectivity index (χ1) is 9.65. The van der Waals surface area contributed by atoms with Gasteiger partial charge in [0.05, 0.1) is 6.54 Å². The molecule has 2 rings (SSSR count). The van der Waals surface area contributed by atoms with Crippen LogP contribution >= 0.6 is 0 Å². The molecule has 0 aliphatic heterocycles. The molecular weight excluding hydrogens is 248 g/mol. The lowest BCUT2D eigenvalue weighted by Crippen LogP contribution is -2.33. The number of aryl methyl sites for hydroxylation is 1. The van der Waals surface area contributed by atoms with Crippen molar-refractivity contribution in [2.45, 2.75) is 72.4 Å². The molecule has 4 heteroatoms. The zero-order chi connectivity index (χ0) is 14.4. The molecule has 20 heavy (non-hydrogen) atoms. The molecule has 0 bridgehead atoms. The monoisotopic (exact) mass is 278 g/mol. The van der Waals surface area contributed by atoms with Gasteiger partial charge in [-0.1, -0.05) is 33.6 Å². The molecule has 1 aliphatic carbocycles. The Morgan fingerprint density at radius 1 is 1.35 bits per heavy atom. The number of nitrogens with zero attached hydrogens (tertiary/aromatic N) is 3. The highest BCUT2D eigenvalue weighted by Gasteiger charge is 2.33. The van der Waals surface area contributed by atoms with Gasteiger partial charge in [0.1, 0.15) is 12.2 Å². The SMILES string of the molecule is CCCn1ncnc1CNCC1(CC(C)C)CCCC1. The van der Waals surface area contributed by atoms with Crippen LogP contribution in [0.2, 0.25) is 0 Å². The zero-order valence-corrected chi connectivity index (χ0v) is 13.4. The van der Waals surface area contributed by atoms with E-state index >= 15 is 0 Å². The fraction of sp³-hybridized carbons (Fsp3) is 0.875. The van der Waals surface area contributed by atoms with Gasteiger partial charge in [-0.3, -0.25) is 0 Å². The molecule has 1 heterocycles. The minimum absolute atomic E-state index is 0.532. The lowest BCUT2D eigenvalue weighted by molar-refractivity contribution is 0.222. The molecule has 4 nitrogen and oxygen atoms in total. The van der Waals surface area contributed by atoms with E-state index < -0.39 is 0 Å². The van der Waals surface area contributed by atoms with Crippen molar-refractivity contribution in [3.05, 3.63) is 12.2 Å². The van der Waals surface area contributed by atoms with Gasteiger partial charge in [-0.05, 0) is 37.0 Å². The second kappa shape index (κ2) is 7.21. The Morgan fingerprint density at radius 3 is 2.75 bits per heavy atom. The summed E-state index contributed by atoms with van der Waals surface area (Å²) in [7, 11) is 0. The summed E-state index contributed by atoms with van der Waals surface area (Å²) in [6.07, 6.45) is 9.71. The molecule has 1 aliphatic rings. The Hall–Kier alpha value is -0.900. The minimum Gasteiger partial charge on any atom is -0.309 e. The standard InChI is InChI=1S/C16H30N4/c1-4-9-20-15(18-13-19-20)11-17-12-16(10-14(2)3)7-5-6-8-16/h13-14,17H,4-12H2,1-3H3. The molecule has 0 unspecified atom stereocenters. The van der Waals surface area contributed by atoms with Crippen LogP contribution in [-0.2, 0) is 13.1 Å². The van der Waals surface area contributed by atoms with Gasteiger partial charge in [0.2, 0.25) is 0 Å². The number of aromatic nitrogens is 3. The Kier molecular flexibility index (Phi) is 5.58. The van der Waals surface area contributed by atoms with Crippen LogP contribution in [0.4, 0.5) is 0 Å². The van der Waals surface area contributed by atoms with Gasteiger partial charge in [-0.25, -0.2) is 9.67 Å². The van der Waals surface area contributed by atoms with Gasteiger partial charge in [-0.15, -0.1) is 0 Å². The first kappa shape index (κ1) is 15.5. The summed E-state index contributed by atoms with van der Waals surface area (Å²) in [5.74, 6) is 1.86. The van der Waals surface area contributed by atoms with E-state index in [0.29, 0.717) is 5.41 Å². The molecule has 0 saturated heterocycles. The van der Waals surface area contributed by atoms with E-state index in [1.165, 1.54) is 32.1 Å². The van der Waals surface area contributed by atoms with Crippen LogP contribution in [0.3, 0.4) is 0 Å². The van der Waals surface area contributed by atoms with E-state index in [-0.39, 0.29) is 0 Å². The van der Waals surface area contributed by atoms with Gasteiger partial charge < -0.3 is 5.32 Å². The molecule has 1 fully saturated rings. The summed E-state index contributed by atoms with van der Waals surface area (Å²) in [5, 5.41) is 7.94. The van der Waals surface area contributed by atoms with Crippen molar-refractivity contribution in [1.29, 1.82) is 0 Å². The van der Waals surface area contributed by atoms with Gasteiger partial charge in [0.25, 0.3) is 0 Å². The Bertz CT molecular complexity index is 391. The van der Waals surface area contributed by atoms with Crippen molar-refractivity contribution in [1.82, 2.24) is 20.1 Å². The molecule has 1 saturated carbocycles. The second-order valence-electron chi connectivity index (χ2n) is 6.81. The smallest absolute Gasteiger partial charge is 0.140 e. The Morgan fingerprint density at radius 2 is 2.10 bits per heavy atom. The third kappa shape index (κ3) is 4.05. The minimum atomic E-state index is 0.532. The maximum Gasteiger partial charge on any atom is 0.140 e. The molecule has 0 radical (unpaired) electrons. The summed E-state index contributed by atoms with van der Waals surface area (Å²) in [5.41, 5.74) is 0.532. The van der Waals surface area contributed by atoms with Gasteiger partial charge in [0, 0.05) is 13.1 Å². The zero-order valence-electron chi connectivity index (χ0n) is 13.4. The van der Waals surface area contributed by atoms with E-state index in [0.717, 1.165) is 37.8 Å². The molecule has 1 N–H and O–H groups in total. The van der Waals surface area contributed by atoms with E-state index in [1.807, 2.05) is 4.68 Å². The predicted molar refractivity (Wildman–Crippen MR) is 82.4 cm³/mol. The summed E-state index contributed by atoms with van der Waals surface area (Å²) in [6, 6.07) is 0. The number of nitrogens with one attached hydrogen (secondary N) is 1. The van der Waals surface area contributed by atoms with Crippen LogP contribution in [-0.4, -0.2) is 21.3 Å². The Labute approximate surface area is 123 Å². The van der Waals surface area contributed by atoms with Crippen LogP contribution in [0.15, 0.2) is 6.33 Å². The highest BCUT2D eigenvalue weighted by molar-refractivity contribution is 4.90. The van der Waals surface area contributed by atoms with Gasteiger partial charge >= 0.3 is 0 Å². The molecule has 114 valence electrons. The van der Waals surface area contributed by atoms with Crippen LogP contribution in [0.1, 0.15) is 65.1 Å². The molecular formula is C16H30N4. The summed E-state index contributed by atoms with van der Waals surface area (Å²) in [4.78, 5) is 4.37. The molecule has 1 aromatic rings. The summed E-state index contributed by atoms with van der Waals surface area (Å²) in [6.45, 7) is 9.81. The normalized spacial score (nSPS) is 18.0. The van der Waals surface area contributed by atoms with Crippen molar-refractivity contribution in [2.75, 3.05) is 6.54 Å². The summed E-state index contributed by atoms with van der Waals surface area (Å²) < 4.78 is 2.02. The van der Waals surface area contributed by atoms with Crippen molar-refractivity contribution in [3.8, 4) is 0 Å². The van der Waals surface area contributed by atoms with E-state index in [4.69, 9.17) is 0 Å². The quantitative estimate of drug-likeness (QED) is 0.792. The lowest BCUT2D eigenvalue weighted by Gasteiger charge is -2.31. The van der Waals surface area contributed by atoms with E-state index in [9.17, 15) is 0 Å². The number of hydrogen-bond acceptors (Lipinski definition) is 3. The van der Waals surface area contributed by atoms with Gasteiger partial charge in [0.15, 0.2) is 0 Å². The van der Waals surface area contributed by atoms with Crippen molar-refractivity contribution in [3.63, 3.8) is 0 Å². The third-order valence-electron chi connectivity index (χ3n) is 4.42. The van der Waals surface area contributed by atoms with Crippen LogP contribution in [0, 0.1) is 11.3 Å². The first-order valence-electron chi connectivity index (χ1n) is 8.22. The van der Waals surface area contributed by atoms with E-state index in [2.05, 4.69) is 36.2 Å². The second-order valence-corrected chi connectivity index (χ2v) is 6.81.